The zero-order chi connectivity index (χ0) is 22.2. The first-order valence-corrected chi connectivity index (χ1v) is 10.9. The first kappa shape index (κ1) is 21.7. The zero-order valence-corrected chi connectivity index (χ0v) is 18.2. The number of ether oxygens (including phenoxy) is 1. The van der Waals surface area contributed by atoms with Crippen molar-refractivity contribution < 1.29 is 14.7 Å². The molecule has 0 aliphatic rings. The maximum absolute atomic E-state index is 11.8. The van der Waals surface area contributed by atoms with Crippen LogP contribution in [0.15, 0.2) is 91.0 Å². The van der Waals surface area contributed by atoms with Gasteiger partial charge in [-0.1, -0.05) is 78.9 Å². The molecule has 0 saturated heterocycles. The molecular weight excluding hydrogens is 400 g/mol. The average Bonchev–Trinajstić information content (AvgIpc) is 3.32. The summed E-state index contributed by atoms with van der Waals surface area (Å²) in [6.45, 7) is 2.28. The normalized spacial score (nSPS) is 12.4. The number of benzene rings is 3. The molecule has 0 aliphatic heterocycles. The van der Waals surface area contributed by atoms with Crippen molar-refractivity contribution in [2.45, 2.75) is 18.6 Å². The van der Waals surface area contributed by atoms with E-state index < -0.39 is 5.60 Å². The molecule has 3 aromatic carbocycles. The van der Waals surface area contributed by atoms with E-state index >= 15 is 0 Å². The fourth-order valence-electron chi connectivity index (χ4n) is 3.77. The number of quaternary nitrogens is 1. The molecule has 6 nitrogen and oxygen atoms in total. The van der Waals surface area contributed by atoms with Crippen molar-refractivity contribution in [2.75, 3.05) is 20.2 Å². The summed E-state index contributed by atoms with van der Waals surface area (Å²) >= 11 is 0. The van der Waals surface area contributed by atoms with Gasteiger partial charge in [0.25, 0.3) is 0 Å². The van der Waals surface area contributed by atoms with Crippen molar-refractivity contribution in [1.29, 1.82) is 0 Å². The minimum atomic E-state index is -1.42. The maximum Gasteiger partial charge on any atom is 0.191 e. The van der Waals surface area contributed by atoms with Crippen LogP contribution in [0.3, 0.4) is 0 Å². The van der Waals surface area contributed by atoms with Crippen LogP contribution in [0, 0.1) is 0 Å². The van der Waals surface area contributed by atoms with E-state index in [-0.39, 0.29) is 0 Å². The Labute approximate surface area is 188 Å². The van der Waals surface area contributed by atoms with E-state index in [0.717, 1.165) is 35.7 Å². The van der Waals surface area contributed by atoms with Gasteiger partial charge in [0, 0.05) is 6.42 Å². The summed E-state index contributed by atoms with van der Waals surface area (Å²) in [5, 5.41) is 19.2. The summed E-state index contributed by atoms with van der Waals surface area (Å²) in [5.41, 5.74) is 0.0420. The van der Waals surface area contributed by atoms with E-state index in [1.165, 1.54) is 4.90 Å². The predicted octanol–water partition coefficient (Wildman–Crippen LogP) is 2.57. The molecule has 0 amide bonds. The molecule has 3 N–H and O–H groups in total. The van der Waals surface area contributed by atoms with Crippen molar-refractivity contribution in [2.24, 2.45) is 0 Å². The number of aliphatic hydroxyl groups is 1. The second kappa shape index (κ2) is 10.2. The summed E-state index contributed by atoms with van der Waals surface area (Å²) in [7, 11) is 2.12. The van der Waals surface area contributed by atoms with E-state index in [0.29, 0.717) is 19.0 Å². The van der Waals surface area contributed by atoms with Gasteiger partial charge in [0.1, 0.15) is 12.3 Å². The lowest BCUT2D eigenvalue weighted by atomic mass is 9.85. The molecule has 0 bridgehead atoms. The summed E-state index contributed by atoms with van der Waals surface area (Å²) in [4.78, 5) is 5.97. The van der Waals surface area contributed by atoms with Gasteiger partial charge in [-0.05, 0) is 23.3 Å². The molecule has 6 heteroatoms. The largest absolute Gasteiger partial charge is 0.493 e. The number of aromatic nitrogens is 3. The number of rotatable bonds is 10. The zero-order valence-electron chi connectivity index (χ0n) is 18.2. The second-order valence-corrected chi connectivity index (χ2v) is 7.95. The van der Waals surface area contributed by atoms with Gasteiger partial charge in [0.2, 0.25) is 0 Å². The number of nitrogens with one attached hydrogen (secondary N) is 2. The third-order valence-electron chi connectivity index (χ3n) is 5.47. The number of hydrogen-bond acceptors (Lipinski definition) is 4. The van der Waals surface area contributed by atoms with Crippen LogP contribution in [0.25, 0.3) is 0 Å². The molecule has 1 aromatic heterocycles. The number of H-pyrrole nitrogens is 1. The summed E-state index contributed by atoms with van der Waals surface area (Å²) in [6, 6.07) is 28.9. The van der Waals surface area contributed by atoms with Crippen molar-refractivity contribution in [3.8, 4) is 5.75 Å². The van der Waals surface area contributed by atoms with Gasteiger partial charge >= 0.3 is 0 Å². The topological polar surface area (TPSA) is 75.5 Å². The van der Waals surface area contributed by atoms with Gasteiger partial charge < -0.3 is 14.7 Å². The van der Waals surface area contributed by atoms with E-state index in [1.54, 1.807) is 0 Å². The molecule has 164 valence electrons. The number of para-hydroxylation sites is 1. The minimum absolute atomic E-state index is 0.352. The Hall–Kier alpha value is -3.48. The fourth-order valence-corrected chi connectivity index (χ4v) is 3.77. The first-order valence-electron chi connectivity index (χ1n) is 10.9. The molecule has 0 spiro atoms. The Kier molecular flexibility index (Phi) is 6.94. The molecule has 32 heavy (non-hydrogen) atoms. The van der Waals surface area contributed by atoms with E-state index in [4.69, 9.17) is 4.74 Å². The van der Waals surface area contributed by atoms with Gasteiger partial charge in [-0.2, -0.15) is 5.10 Å². The molecule has 1 unspecified atom stereocenters. The van der Waals surface area contributed by atoms with E-state index in [2.05, 4.69) is 22.2 Å². The molecule has 4 rings (SSSR count). The third-order valence-corrected chi connectivity index (χ3v) is 5.47. The molecule has 0 saturated carbocycles. The summed E-state index contributed by atoms with van der Waals surface area (Å²) in [6.07, 6.45) is 0.930. The van der Waals surface area contributed by atoms with E-state index in [9.17, 15) is 5.11 Å². The van der Waals surface area contributed by atoms with Gasteiger partial charge in [0.15, 0.2) is 17.2 Å². The van der Waals surface area contributed by atoms with Gasteiger partial charge in [0.05, 0.1) is 20.2 Å². The van der Waals surface area contributed by atoms with Crippen LogP contribution in [0.4, 0.5) is 0 Å². The summed E-state index contributed by atoms with van der Waals surface area (Å²) < 4.78 is 5.77. The van der Waals surface area contributed by atoms with Crippen LogP contribution >= 0.6 is 0 Å². The molecule has 1 heterocycles. The second-order valence-electron chi connectivity index (χ2n) is 7.95. The van der Waals surface area contributed by atoms with Crippen LogP contribution < -0.4 is 9.64 Å². The number of hydrogen-bond donors (Lipinski definition) is 3. The van der Waals surface area contributed by atoms with Gasteiger partial charge in [-0.25, -0.2) is 4.98 Å². The average molecular weight is 430 g/mol. The standard InChI is InChI=1S/C26H28N4O2/c1-30(18-11-19-32-23-16-9-4-10-17-23)20-24-27-25(29-28-24)26(31,21-12-5-2-6-13-21)22-14-7-3-8-15-22/h2-10,12-17,31H,11,18-20H2,1H3,(H,27,28,29)/p+1. The van der Waals surface area contributed by atoms with Gasteiger partial charge in [-0.15, -0.1) is 0 Å². The third kappa shape index (κ3) is 5.04. The Morgan fingerprint density at radius 3 is 2.03 bits per heavy atom. The molecule has 0 aliphatic carbocycles. The summed E-state index contributed by atoms with van der Waals surface area (Å²) in [5.74, 6) is 1.99. The van der Waals surface area contributed by atoms with Crippen LogP contribution in [-0.2, 0) is 12.1 Å². The highest BCUT2D eigenvalue weighted by atomic mass is 16.5. The van der Waals surface area contributed by atoms with Crippen molar-refractivity contribution >= 4 is 0 Å². The predicted molar refractivity (Wildman–Crippen MR) is 123 cm³/mol. The van der Waals surface area contributed by atoms with Crippen LogP contribution in [0.2, 0.25) is 0 Å². The Bertz CT molecular complexity index is 1050. The van der Waals surface area contributed by atoms with Crippen molar-refractivity contribution in [3.05, 3.63) is 114 Å². The highest BCUT2D eigenvalue weighted by molar-refractivity contribution is 5.42. The van der Waals surface area contributed by atoms with Gasteiger partial charge in [-0.3, -0.25) is 5.10 Å². The van der Waals surface area contributed by atoms with Crippen molar-refractivity contribution in [1.82, 2.24) is 15.2 Å². The molecule has 4 aromatic rings. The lowest BCUT2D eigenvalue weighted by molar-refractivity contribution is -0.894. The van der Waals surface area contributed by atoms with E-state index in [1.807, 2.05) is 91.0 Å². The fraction of sp³-hybridized carbons (Fsp3) is 0.231. The molecule has 0 fully saturated rings. The Morgan fingerprint density at radius 1 is 0.875 bits per heavy atom. The Morgan fingerprint density at radius 2 is 1.44 bits per heavy atom. The number of aromatic amines is 1. The SMILES string of the molecule is C[NH+](CCCOc1ccccc1)Cc1nc(C(O)(c2ccccc2)c2ccccc2)n[nH]1. The lowest BCUT2D eigenvalue weighted by Gasteiger charge is -2.26. The molecule has 0 radical (unpaired) electrons. The quantitative estimate of drug-likeness (QED) is 0.339. The van der Waals surface area contributed by atoms with Crippen LogP contribution in [0.1, 0.15) is 29.2 Å². The van der Waals surface area contributed by atoms with Crippen molar-refractivity contribution in [3.63, 3.8) is 0 Å². The lowest BCUT2D eigenvalue weighted by Crippen LogP contribution is -3.07. The molecule has 1 atom stereocenters. The smallest absolute Gasteiger partial charge is 0.191 e. The first-order chi connectivity index (χ1) is 15.7. The highest BCUT2D eigenvalue weighted by Crippen LogP contribution is 2.34. The van der Waals surface area contributed by atoms with Crippen LogP contribution in [0.5, 0.6) is 5.75 Å². The minimum Gasteiger partial charge on any atom is -0.493 e. The Balaban J connectivity index is 1.42. The highest BCUT2D eigenvalue weighted by Gasteiger charge is 2.38. The maximum atomic E-state index is 11.8. The monoisotopic (exact) mass is 429 g/mol. The number of nitrogens with zero attached hydrogens (tertiary/aromatic N) is 2. The molecular formula is C26H29N4O2+. The van der Waals surface area contributed by atoms with Crippen LogP contribution in [-0.4, -0.2) is 40.5 Å².